The number of aromatic nitrogens is 5. The number of nitrogens with zero attached hydrogens (tertiary/aromatic N) is 6. The molecule has 3 aromatic heterocycles. The fraction of sp³-hybridized carbons (Fsp3) is 0.259. The van der Waals surface area contributed by atoms with Gasteiger partial charge in [0.2, 0.25) is 5.95 Å². The molecule has 1 aliphatic rings. The van der Waals surface area contributed by atoms with Crippen LogP contribution in [0.15, 0.2) is 54.7 Å². The number of aryl methyl sites for hydroxylation is 1. The summed E-state index contributed by atoms with van der Waals surface area (Å²) in [7, 11) is 3.30. The molecule has 5 aromatic rings. The zero-order valence-electron chi connectivity index (χ0n) is 20.5. The van der Waals surface area contributed by atoms with Gasteiger partial charge in [-0.3, -0.25) is 9.88 Å². The summed E-state index contributed by atoms with van der Waals surface area (Å²) in [6.07, 6.45) is 1.85. The highest BCUT2D eigenvalue weighted by Gasteiger charge is 2.22. The third-order valence-electron chi connectivity index (χ3n) is 6.60. The molecule has 0 radical (unpaired) electrons. The molecule has 0 fully saturated rings. The van der Waals surface area contributed by atoms with Crippen LogP contribution in [-0.2, 0) is 26.2 Å². The monoisotopic (exact) mass is 481 g/mol. The second-order valence-electron chi connectivity index (χ2n) is 8.96. The molecule has 9 heteroatoms. The van der Waals surface area contributed by atoms with E-state index < -0.39 is 0 Å². The van der Waals surface area contributed by atoms with Crippen LogP contribution in [0.2, 0.25) is 0 Å². The Morgan fingerprint density at radius 1 is 1.00 bits per heavy atom. The van der Waals surface area contributed by atoms with Gasteiger partial charge in [-0.15, -0.1) is 5.10 Å². The Morgan fingerprint density at radius 3 is 2.75 bits per heavy atom. The molecular formula is C27H27N7O2. The topological polar surface area (TPSA) is 89.7 Å². The van der Waals surface area contributed by atoms with Gasteiger partial charge in [0.1, 0.15) is 11.5 Å². The summed E-state index contributed by atoms with van der Waals surface area (Å²) < 4.78 is 12.7. The van der Waals surface area contributed by atoms with Gasteiger partial charge in [0.05, 0.1) is 32.0 Å². The molecule has 2 aromatic carbocycles. The van der Waals surface area contributed by atoms with E-state index in [1.807, 2.05) is 41.0 Å². The van der Waals surface area contributed by atoms with Crippen LogP contribution in [0.3, 0.4) is 0 Å². The van der Waals surface area contributed by atoms with Gasteiger partial charge in [-0.2, -0.15) is 4.52 Å². The molecular weight excluding hydrogens is 454 g/mol. The average Bonchev–Trinajstić information content (AvgIpc) is 3.51. The zero-order valence-corrected chi connectivity index (χ0v) is 20.5. The number of nitrogens with one attached hydrogen (secondary N) is 1. The third kappa shape index (κ3) is 3.97. The van der Waals surface area contributed by atoms with Crippen molar-refractivity contribution in [1.82, 2.24) is 29.5 Å². The van der Waals surface area contributed by atoms with Crippen molar-refractivity contribution in [3.63, 3.8) is 0 Å². The number of benzene rings is 2. The van der Waals surface area contributed by atoms with E-state index in [0.29, 0.717) is 19.0 Å². The lowest BCUT2D eigenvalue weighted by molar-refractivity contribution is 0.267. The molecule has 0 atom stereocenters. The molecule has 4 heterocycles. The first-order valence-corrected chi connectivity index (χ1v) is 11.9. The van der Waals surface area contributed by atoms with Crippen molar-refractivity contribution in [2.24, 2.45) is 0 Å². The molecule has 0 amide bonds. The summed E-state index contributed by atoms with van der Waals surface area (Å²) in [4.78, 5) is 16.7. The Balaban J connectivity index is 1.35. The number of methoxy groups -OCH3 is 2. The number of fused-ring (bicyclic) bond motifs is 4. The van der Waals surface area contributed by atoms with E-state index in [2.05, 4.69) is 40.3 Å². The van der Waals surface area contributed by atoms with Crippen LogP contribution < -0.4 is 14.8 Å². The number of rotatable bonds is 7. The second kappa shape index (κ2) is 9.09. The lowest BCUT2D eigenvalue weighted by Crippen LogP contribution is -2.17. The lowest BCUT2D eigenvalue weighted by atomic mass is 10.1. The van der Waals surface area contributed by atoms with Gasteiger partial charge in [0, 0.05) is 42.8 Å². The second-order valence-corrected chi connectivity index (χ2v) is 8.96. The van der Waals surface area contributed by atoms with Crippen LogP contribution in [-0.4, -0.2) is 43.7 Å². The van der Waals surface area contributed by atoms with Gasteiger partial charge in [-0.25, -0.2) is 9.97 Å². The zero-order chi connectivity index (χ0) is 24.6. The molecule has 0 saturated carbocycles. The van der Waals surface area contributed by atoms with Crippen molar-refractivity contribution in [3.05, 3.63) is 82.9 Å². The quantitative estimate of drug-likeness (QED) is 0.371. The summed E-state index contributed by atoms with van der Waals surface area (Å²) in [5.41, 5.74) is 6.16. The number of pyridine rings is 1. The van der Waals surface area contributed by atoms with Crippen LogP contribution in [0, 0.1) is 6.92 Å². The maximum Gasteiger partial charge on any atom is 0.226 e. The Morgan fingerprint density at radius 2 is 1.92 bits per heavy atom. The Hall–Kier alpha value is -4.24. The van der Waals surface area contributed by atoms with Crippen molar-refractivity contribution >= 4 is 22.5 Å². The SMILES string of the molecule is COc1ccc(CNc2nc3c(C)cccc3c3nc(CN4Cc5cccnc5C4)nn23)c(OC)c1. The highest BCUT2D eigenvalue weighted by molar-refractivity contribution is 5.94. The smallest absolute Gasteiger partial charge is 0.226 e. The highest BCUT2D eigenvalue weighted by Crippen LogP contribution is 2.28. The van der Waals surface area contributed by atoms with Crippen LogP contribution in [0.4, 0.5) is 5.95 Å². The molecule has 6 rings (SSSR count). The van der Waals surface area contributed by atoms with Crippen molar-refractivity contribution in [3.8, 4) is 11.5 Å². The average molecular weight is 482 g/mol. The molecule has 0 spiro atoms. The fourth-order valence-corrected chi connectivity index (χ4v) is 4.75. The van der Waals surface area contributed by atoms with Crippen molar-refractivity contribution < 1.29 is 9.47 Å². The molecule has 0 aliphatic carbocycles. The molecule has 0 bridgehead atoms. The van der Waals surface area contributed by atoms with E-state index >= 15 is 0 Å². The predicted molar refractivity (Wildman–Crippen MR) is 137 cm³/mol. The van der Waals surface area contributed by atoms with Gasteiger partial charge in [0.15, 0.2) is 11.5 Å². The minimum atomic E-state index is 0.509. The van der Waals surface area contributed by atoms with Crippen molar-refractivity contribution in [1.29, 1.82) is 0 Å². The van der Waals surface area contributed by atoms with E-state index in [-0.39, 0.29) is 0 Å². The predicted octanol–water partition coefficient (Wildman–Crippen LogP) is 4.13. The minimum Gasteiger partial charge on any atom is -0.497 e. The van der Waals surface area contributed by atoms with E-state index in [0.717, 1.165) is 63.8 Å². The minimum absolute atomic E-state index is 0.509. The van der Waals surface area contributed by atoms with Crippen LogP contribution in [0.5, 0.6) is 11.5 Å². The van der Waals surface area contributed by atoms with Crippen molar-refractivity contribution in [2.75, 3.05) is 19.5 Å². The molecule has 182 valence electrons. The van der Waals surface area contributed by atoms with Crippen LogP contribution in [0.1, 0.15) is 28.2 Å². The summed E-state index contributed by atoms with van der Waals surface area (Å²) in [5.74, 6) is 2.88. The van der Waals surface area contributed by atoms with E-state index in [1.165, 1.54) is 5.56 Å². The number of hydrogen-bond acceptors (Lipinski definition) is 8. The summed E-state index contributed by atoms with van der Waals surface area (Å²) in [6.45, 7) is 4.85. The number of hydrogen-bond donors (Lipinski definition) is 1. The number of anilines is 1. The van der Waals surface area contributed by atoms with Gasteiger partial charge in [-0.05, 0) is 42.3 Å². The fourth-order valence-electron chi connectivity index (χ4n) is 4.75. The van der Waals surface area contributed by atoms with Gasteiger partial charge >= 0.3 is 0 Å². The molecule has 1 N–H and O–H groups in total. The molecule has 0 saturated heterocycles. The summed E-state index contributed by atoms with van der Waals surface area (Å²) in [5, 5.41) is 9.31. The van der Waals surface area contributed by atoms with Gasteiger partial charge in [0.25, 0.3) is 0 Å². The van der Waals surface area contributed by atoms with E-state index in [4.69, 9.17) is 24.5 Å². The third-order valence-corrected chi connectivity index (χ3v) is 6.60. The summed E-state index contributed by atoms with van der Waals surface area (Å²) >= 11 is 0. The van der Waals surface area contributed by atoms with Crippen molar-refractivity contribution in [2.45, 2.75) is 33.1 Å². The molecule has 36 heavy (non-hydrogen) atoms. The Kier molecular flexibility index (Phi) is 5.61. The van der Waals surface area contributed by atoms with Crippen LogP contribution in [0.25, 0.3) is 16.6 Å². The van der Waals surface area contributed by atoms with Crippen LogP contribution >= 0.6 is 0 Å². The normalized spacial score (nSPS) is 13.3. The first-order chi connectivity index (χ1) is 17.6. The number of para-hydroxylation sites is 1. The van der Waals surface area contributed by atoms with Gasteiger partial charge in [-0.1, -0.05) is 18.2 Å². The highest BCUT2D eigenvalue weighted by atomic mass is 16.5. The maximum atomic E-state index is 5.57. The lowest BCUT2D eigenvalue weighted by Gasteiger charge is -2.13. The first-order valence-electron chi connectivity index (χ1n) is 11.9. The molecule has 0 unspecified atom stereocenters. The Labute approximate surface area is 208 Å². The summed E-state index contributed by atoms with van der Waals surface area (Å²) in [6, 6.07) is 16.1. The maximum absolute atomic E-state index is 5.57. The number of ether oxygens (including phenoxy) is 2. The largest absolute Gasteiger partial charge is 0.497 e. The van der Waals surface area contributed by atoms with Gasteiger partial charge < -0.3 is 14.8 Å². The Bertz CT molecular complexity index is 1560. The first kappa shape index (κ1) is 22.2. The standard InChI is InChI=1S/C27H27N7O2/c1-17-6-4-8-21-25(17)31-27(29-13-18-9-10-20(35-2)12-23(18)36-3)34-26(21)30-24(32-34)16-33-14-19-7-5-11-28-22(19)15-33/h4-12H,13-16H2,1-3H3,(H,29,31). The van der Waals surface area contributed by atoms with E-state index in [9.17, 15) is 0 Å². The molecule has 9 nitrogen and oxygen atoms in total. The van der Waals surface area contributed by atoms with E-state index in [1.54, 1.807) is 14.2 Å². The molecule has 1 aliphatic heterocycles.